The minimum absolute atomic E-state index is 0.167. The number of fused-ring (bicyclic) bond motifs is 2. The number of amides is 1. The fraction of sp³-hybridized carbons (Fsp3) is 0.0800. The molecule has 5 aromatic rings. The van der Waals surface area contributed by atoms with E-state index in [9.17, 15) is 4.79 Å². The summed E-state index contributed by atoms with van der Waals surface area (Å²) in [5, 5.41) is 6.79. The lowest BCUT2D eigenvalue weighted by molar-refractivity contribution is 0.0952. The first kappa shape index (κ1) is 20.0. The van der Waals surface area contributed by atoms with Crippen LogP contribution in [0.3, 0.4) is 0 Å². The second-order valence-electron chi connectivity index (χ2n) is 7.53. The molecule has 5 rings (SSSR count). The first-order valence-electron chi connectivity index (χ1n) is 10.1. The van der Waals surface area contributed by atoms with Gasteiger partial charge in [0.05, 0.1) is 0 Å². The summed E-state index contributed by atoms with van der Waals surface area (Å²) in [4.78, 5) is 17.3. The third kappa shape index (κ3) is 3.74. The van der Waals surface area contributed by atoms with Crippen LogP contribution >= 0.6 is 12.2 Å². The summed E-state index contributed by atoms with van der Waals surface area (Å²) in [7, 11) is 0. The van der Waals surface area contributed by atoms with Crippen molar-refractivity contribution in [3.05, 3.63) is 83.6 Å². The van der Waals surface area contributed by atoms with E-state index in [1.54, 1.807) is 0 Å². The van der Waals surface area contributed by atoms with Gasteiger partial charge >= 0.3 is 0 Å². The Labute approximate surface area is 189 Å². The molecule has 0 saturated carbocycles. The number of benzene rings is 3. The fourth-order valence-corrected chi connectivity index (χ4v) is 3.81. The predicted molar refractivity (Wildman–Crippen MR) is 129 cm³/mol. The predicted octanol–water partition coefficient (Wildman–Crippen LogP) is 5.98. The van der Waals surface area contributed by atoms with Crippen molar-refractivity contribution in [2.45, 2.75) is 13.8 Å². The zero-order chi connectivity index (χ0) is 22.2. The molecule has 0 spiro atoms. The van der Waals surface area contributed by atoms with Crippen molar-refractivity contribution in [2.24, 2.45) is 0 Å². The second-order valence-corrected chi connectivity index (χ2v) is 7.94. The molecule has 1 amide bonds. The summed E-state index contributed by atoms with van der Waals surface area (Å²) >= 11 is 5.34. The van der Waals surface area contributed by atoms with Crippen molar-refractivity contribution in [3.63, 3.8) is 0 Å². The van der Waals surface area contributed by atoms with Crippen molar-refractivity contribution in [1.82, 2.24) is 10.3 Å². The number of thiocarbonyl (C=S) groups is 1. The van der Waals surface area contributed by atoms with E-state index in [4.69, 9.17) is 21.1 Å². The van der Waals surface area contributed by atoms with Crippen molar-refractivity contribution in [2.75, 3.05) is 5.32 Å². The number of hydrogen-bond donors (Lipinski definition) is 2. The molecule has 0 atom stereocenters. The van der Waals surface area contributed by atoms with E-state index >= 15 is 0 Å². The number of nitrogens with zero attached hydrogens (tertiary/aromatic N) is 1. The van der Waals surface area contributed by atoms with Crippen LogP contribution in [0.2, 0.25) is 0 Å². The van der Waals surface area contributed by atoms with Gasteiger partial charge in [0.2, 0.25) is 5.89 Å². The lowest BCUT2D eigenvalue weighted by Gasteiger charge is -2.09. The minimum atomic E-state index is -0.401. The van der Waals surface area contributed by atoms with E-state index in [1.807, 2.05) is 80.6 Å². The number of furan rings is 1. The number of oxazole rings is 1. The lowest BCUT2D eigenvalue weighted by atomic mass is 10.1. The Morgan fingerprint density at radius 1 is 0.938 bits per heavy atom. The topological polar surface area (TPSA) is 80.3 Å². The summed E-state index contributed by atoms with van der Waals surface area (Å²) in [5.74, 6) is 0.356. The molecule has 0 radical (unpaired) electrons. The van der Waals surface area contributed by atoms with Crippen LogP contribution in [0.15, 0.2) is 75.6 Å². The summed E-state index contributed by atoms with van der Waals surface area (Å²) in [6, 6.07) is 20.9. The van der Waals surface area contributed by atoms with Gasteiger partial charge in [-0.2, -0.15) is 0 Å². The van der Waals surface area contributed by atoms with Crippen LogP contribution in [0.25, 0.3) is 33.5 Å². The van der Waals surface area contributed by atoms with Gasteiger partial charge in [0.15, 0.2) is 16.5 Å². The second kappa shape index (κ2) is 7.94. The molecule has 7 heteroatoms. The Bertz CT molecular complexity index is 1500. The number of rotatable bonds is 3. The van der Waals surface area contributed by atoms with Gasteiger partial charge in [0.1, 0.15) is 11.1 Å². The molecule has 2 heterocycles. The summed E-state index contributed by atoms with van der Waals surface area (Å²) in [5.41, 5.74) is 5.59. The summed E-state index contributed by atoms with van der Waals surface area (Å²) < 4.78 is 11.6. The Morgan fingerprint density at radius 3 is 2.62 bits per heavy atom. The fourth-order valence-electron chi connectivity index (χ4n) is 3.60. The first-order chi connectivity index (χ1) is 15.5. The van der Waals surface area contributed by atoms with Gasteiger partial charge in [-0.1, -0.05) is 30.3 Å². The summed E-state index contributed by atoms with van der Waals surface area (Å²) in [6.45, 7) is 3.86. The van der Waals surface area contributed by atoms with Gasteiger partial charge in [-0.05, 0) is 68.0 Å². The number of carbonyl (C=O) groups is 1. The standard InChI is InChI=1S/C25H19N3O3S/c1-14-10-11-21-19(12-14)27-24(31-21)16-6-5-7-17(13-16)26-25(32)28-23(29)22-15(2)18-8-3-4-9-20(18)30-22/h3-13H,1-2H3,(H2,26,28,29,32). The van der Waals surface area contributed by atoms with Gasteiger partial charge in [-0.3, -0.25) is 10.1 Å². The maximum atomic E-state index is 12.7. The molecular weight excluding hydrogens is 422 g/mol. The molecule has 0 fully saturated rings. The van der Waals surface area contributed by atoms with Crippen LogP contribution in [0, 0.1) is 13.8 Å². The van der Waals surface area contributed by atoms with Crippen LogP contribution in [-0.2, 0) is 0 Å². The lowest BCUT2D eigenvalue weighted by Crippen LogP contribution is -2.34. The van der Waals surface area contributed by atoms with Crippen LogP contribution < -0.4 is 10.6 Å². The SMILES string of the molecule is Cc1ccc2oc(-c3cccc(NC(=S)NC(=O)c4oc5ccccc5c4C)c3)nc2c1. The molecule has 32 heavy (non-hydrogen) atoms. The van der Waals surface area contributed by atoms with Crippen molar-refractivity contribution >= 4 is 51.0 Å². The number of aromatic nitrogens is 1. The quantitative estimate of drug-likeness (QED) is 0.335. The molecule has 0 aliphatic rings. The number of hydrogen-bond acceptors (Lipinski definition) is 5. The molecule has 2 N–H and O–H groups in total. The van der Waals surface area contributed by atoms with Crippen molar-refractivity contribution < 1.29 is 13.6 Å². The highest BCUT2D eigenvalue weighted by atomic mass is 32.1. The van der Waals surface area contributed by atoms with E-state index in [1.165, 1.54) is 0 Å². The van der Waals surface area contributed by atoms with Gasteiger partial charge in [0, 0.05) is 22.2 Å². The van der Waals surface area contributed by atoms with Crippen LogP contribution in [0.1, 0.15) is 21.7 Å². The molecule has 0 bridgehead atoms. The molecular formula is C25H19N3O3S. The smallest absolute Gasteiger partial charge is 0.293 e. The van der Waals surface area contributed by atoms with Crippen LogP contribution in [0.4, 0.5) is 5.69 Å². The van der Waals surface area contributed by atoms with Crippen LogP contribution in [0.5, 0.6) is 0 Å². The number of nitrogens with one attached hydrogen (secondary N) is 2. The van der Waals surface area contributed by atoms with E-state index in [0.29, 0.717) is 17.2 Å². The highest BCUT2D eigenvalue weighted by Gasteiger charge is 2.18. The first-order valence-corrected chi connectivity index (χ1v) is 10.5. The maximum Gasteiger partial charge on any atom is 0.293 e. The number of carbonyl (C=O) groups excluding carboxylic acids is 1. The van der Waals surface area contributed by atoms with Crippen molar-refractivity contribution in [1.29, 1.82) is 0 Å². The van der Waals surface area contributed by atoms with E-state index < -0.39 is 5.91 Å². The monoisotopic (exact) mass is 441 g/mol. The average Bonchev–Trinajstić information content (AvgIpc) is 3.35. The minimum Gasteiger partial charge on any atom is -0.451 e. The van der Waals surface area contributed by atoms with Gasteiger partial charge < -0.3 is 14.2 Å². The summed E-state index contributed by atoms with van der Waals surface area (Å²) in [6.07, 6.45) is 0. The zero-order valence-corrected chi connectivity index (χ0v) is 18.2. The number of para-hydroxylation sites is 1. The van der Waals surface area contributed by atoms with Crippen LogP contribution in [-0.4, -0.2) is 16.0 Å². The molecule has 0 saturated heterocycles. The van der Waals surface area contributed by atoms with E-state index in [0.717, 1.165) is 33.2 Å². The van der Waals surface area contributed by atoms with Gasteiger partial charge in [0.25, 0.3) is 5.91 Å². The van der Waals surface area contributed by atoms with Gasteiger partial charge in [-0.15, -0.1) is 0 Å². The average molecular weight is 442 g/mol. The largest absolute Gasteiger partial charge is 0.451 e. The molecule has 3 aromatic carbocycles. The highest BCUT2D eigenvalue weighted by Crippen LogP contribution is 2.27. The molecule has 0 aliphatic carbocycles. The highest BCUT2D eigenvalue weighted by molar-refractivity contribution is 7.80. The third-order valence-electron chi connectivity index (χ3n) is 5.19. The molecule has 0 aliphatic heterocycles. The molecule has 6 nitrogen and oxygen atoms in total. The Hall–Kier alpha value is -3.97. The Kier molecular flexibility index (Phi) is 4.95. The molecule has 2 aromatic heterocycles. The van der Waals surface area contributed by atoms with Crippen molar-refractivity contribution in [3.8, 4) is 11.5 Å². The Morgan fingerprint density at radius 2 is 1.78 bits per heavy atom. The number of anilines is 1. The van der Waals surface area contributed by atoms with E-state index in [2.05, 4.69) is 15.6 Å². The molecule has 0 unspecified atom stereocenters. The van der Waals surface area contributed by atoms with E-state index in [-0.39, 0.29) is 10.9 Å². The maximum absolute atomic E-state index is 12.7. The Balaban J connectivity index is 1.33. The third-order valence-corrected chi connectivity index (χ3v) is 5.39. The normalized spacial score (nSPS) is 11.1. The number of aryl methyl sites for hydroxylation is 2. The van der Waals surface area contributed by atoms with Gasteiger partial charge in [-0.25, -0.2) is 4.98 Å². The zero-order valence-electron chi connectivity index (χ0n) is 17.4. The molecule has 158 valence electrons.